The molecule has 1 N–H and O–H groups in total. The zero-order valence-corrected chi connectivity index (χ0v) is 14.4. The van der Waals surface area contributed by atoms with Gasteiger partial charge in [-0.3, -0.25) is 9.71 Å². The van der Waals surface area contributed by atoms with Gasteiger partial charge in [0.1, 0.15) is 10.6 Å². The number of nitrogens with one attached hydrogen (secondary N) is 1. The first-order valence-electron chi connectivity index (χ1n) is 8.05. The highest BCUT2D eigenvalue weighted by atomic mass is 32.2. The summed E-state index contributed by atoms with van der Waals surface area (Å²) >= 11 is 0. The van der Waals surface area contributed by atoms with Gasteiger partial charge < -0.3 is 9.64 Å². The van der Waals surface area contributed by atoms with Gasteiger partial charge in [0.15, 0.2) is 0 Å². The Balaban J connectivity index is 1.86. The van der Waals surface area contributed by atoms with Crippen LogP contribution in [0.25, 0.3) is 0 Å². The summed E-state index contributed by atoms with van der Waals surface area (Å²) in [5.74, 6) is 0.302. The van der Waals surface area contributed by atoms with E-state index in [0.717, 1.165) is 18.8 Å². The van der Waals surface area contributed by atoms with Gasteiger partial charge in [-0.25, -0.2) is 8.42 Å². The van der Waals surface area contributed by atoms with Crippen LogP contribution in [0, 0.1) is 0 Å². The minimum absolute atomic E-state index is 0.0402. The van der Waals surface area contributed by atoms with Gasteiger partial charge in [0.2, 0.25) is 0 Å². The molecule has 0 amide bonds. The monoisotopic (exact) mass is 347 g/mol. The van der Waals surface area contributed by atoms with Crippen LogP contribution in [0.2, 0.25) is 0 Å². The van der Waals surface area contributed by atoms with Gasteiger partial charge in [-0.2, -0.15) is 0 Å². The summed E-state index contributed by atoms with van der Waals surface area (Å²) in [4.78, 5) is 6.21. The fraction of sp³-hybridized carbons (Fsp3) is 0.353. The predicted molar refractivity (Wildman–Crippen MR) is 94.1 cm³/mol. The average Bonchev–Trinajstić information content (AvgIpc) is 3.10. The summed E-state index contributed by atoms with van der Waals surface area (Å²) < 4.78 is 33.4. The lowest BCUT2D eigenvalue weighted by Crippen LogP contribution is -2.18. The second-order valence-corrected chi connectivity index (χ2v) is 7.26. The van der Waals surface area contributed by atoms with Crippen molar-refractivity contribution in [3.8, 4) is 5.75 Å². The van der Waals surface area contributed by atoms with Crippen LogP contribution in [0.1, 0.15) is 19.8 Å². The molecule has 0 unspecified atom stereocenters. The molecule has 6 nitrogen and oxygen atoms in total. The lowest BCUT2D eigenvalue weighted by Gasteiger charge is -2.19. The first kappa shape index (κ1) is 16.6. The van der Waals surface area contributed by atoms with Crippen molar-refractivity contribution in [1.29, 1.82) is 0 Å². The van der Waals surface area contributed by atoms with Crippen LogP contribution in [0.3, 0.4) is 0 Å². The molecule has 2 aromatic rings. The molecule has 0 spiro atoms. The van der Waals surface area contributed by atoms with E-state index in [0.29, 0.717) is 18.0 Å². The van der Waals surface area contributed by atoms with E-state index in [1.54, 1.807) is 12.1 Å². The van der Waals surface area contributed by atoms with E-state index in [1.165, 1.54) is 25.2 Å². The molecule has 1 fully saturated rings. The van der Waals surface area contributed by atoms with E-state index in [9.17, 15) is 8.42 Å². The molecule has 1 aliphatic heterocycles. The van der Waals surface area contributed by atoms with E-state index < -0.39 is 10.0 Å². The Labute approximate surface area is 142 Å². The van der Waals surface area contributed by atoms with Crippen molar-refractivity contribution in [1.82, 2.24) is 4.98 Å². The lowest BCUT2D eigenvalue weighted by atomic mass is 10.2. The van der Waals surface area contributed by atoms with Crippen LogP contribution in [-0.4, -0.2) is 33.1 Å². The van der Waals surface area contributed by atoms with Gasteiger partial charge in [-0.1, -0.05) is 6.07 Å². The number of sulfonamides is 1. The van der Waals surface area contributed by atoms with Crippen molar-refractivity contribution < 1.29 is 13.2 Å². The lowest BCUT2D eigenvalue weighted by molar-refractivity contribution is 0.330. The standard InChI is InChI=1S/C17H21N3O3S/c1-2-23-16-8-9-18-13-17(16)24(21,22)19-14-6-5-7-15(12-14)20-10-3-4-11-20/h5-9,12-13,19H,2-4,10-11H2,1H3. The number of anilines is 2. The second kappa shape index (κ2) is 7.09. The molecule has 7 heteroatoms. The van der Waals surface area contributed by atoms with E-state index >= 15 is 0 Å². The van der Waals surface area contributed by atoms with Crippen LogP contribution < -0.4 is 14.4 Å². The fourth-order valence-corrected chi connectivity index (χ4v) is 3.93. The molecule has 1 aliphatic rings. The van der Waals surface area contributed by atoms with Crippen molar-refractivity contribution in [2.45, 2.75) is 24.7 Å². The minimum Gasteiger partial charge on any atom is -0.492 e. The van der Waals surface area contributed by atoms with Crippen LogP contribution in [0.4, 0.5) is 11.4 Å². The minimum atomic E-state index is -3.76. The Bertz CT molecular complexity index is 802. The quantitative estimate of drug-likeness (QED) is 0.870. The van der Waals surface area contributed by atoms with E-state index in [1.807, 2.05) is 25.1 Å². The molecule has 3 rings (SSSR count). The third kappa shape index (κ3) is 3.62. The Morgan fingerprint density at radius 1 is 1.25 bits per heavy atom. The molecule has 24 heavy (non-hydrogen) atoms. The Morgan fingerprint density at radius 3 is 2.79 bits per heavy atom. The molecular weight excluding hydrogens is 326 g/mol. The van der Waals surface area contributed by atoms with E-state index in [2.05, 4.69) is 14.6 Å². The SMILES string of the molecule is CCOc1ccncc1S(=O)(=O)Nc1cccc(N2CCCC2)c1. The molecule has 0 atom stereocenters. The van der Waals surface area contributed by atoms with Crippen molar-refractivity contribution in [2.24, 2.45) is 0 Å². The van der Waals surface area contributed by atoms with Crippen molar-refractivity contribution in [2.75, 3.05) is 29.3 Å². The van der Waals surface area contributed by atoms with Crippen molar-refractivity contribution in [3.05, 3.63) is 42.7 Å². The van der Waals surface area contributed by atoms with Gasteiger partial charge >= 0.3 is 0 Å². The summed E-state index contributed by atoms with van der Waals surface area (Å²) in [6, 6.07) is 9.02. The number of aromatic nitrogens is 1. The number of pyridine rings is 1. The molecule has 128 valence electrons. The van der Waals surface area contributed by atoms with Gasteiger partial charge in [0, 0.05) is 25.0 Å². The summed E-state index contributed by atoms with van der Waals surface area (Å²) in [5.41, 5.74) is 1.56. The number of hydrogen-bond acceptors (Lipinski definition) is 5. The van der Waals surface area contributed by atoms with Gasteiger partial charge in [0.05, 0.1) is 18.5 Å². The predicted octanol–water partition coefficient (Wildman–Crippen LogP) is 2.88. The molecule has 0 bridgehead atoms. The largest absolute Gasteiger partial charge is 0.492 e. The first-order valence-corrected chi connectivity index (χ1v) is 9.53. The number of benzene rings is 1. The normalized spacial score (nSPS) is 14.6. The van der Waals surface area contributed by atoms with Crippen molar-refractivity contribution >= 4 is 21.4 Å². The molecule has 2 heterocycles. The molecule has 1 aromatic heterocycles. The Hall–Kier alpha value is -2.28. The van der Waals surface area contributed by atoms with E-state index in [4.69, 9.17) is 4.74 Å². The Morgan fingerprint density at radius 2 is 2.04 bits per heavy atom. The van der Waals surface area contributed by atoms with Gasteiger partial charge in [-0.15, -0.1) is 0 Å². The smallest absolute Gasteiger partial charge is 0.267 e. The zero-order chi connectivity index (χ0) is 17.0. The molecular formula is C17H21N3O3S. The van der Waals surface area contributed by atoms with E-state index in [-0.39, 0.29) is 4.90 Å². The van der Waals surface area contributed by atoms with Crippen LogP contribution in [0.5, 0.6) is 5.75 Å². The highest BCUT2D eigenvalue weighted by Crippen LogP contribution is 2.27. The number of hydrogen-bond donors (Lipinski definition) is 1. The summed E-state index contributed by atoms with van der Waals surface area (Å²) in [6.45, 7) is 4.21. The van der Waals surface area contributed by atoms with Crippen molar-refractivity contribution in [3.63, 3.8) is 0 Å². The summed E-state index contributed by atoms with van der Waals surface area (Å²) in [7, 11) is -3.76. The van der Waals surface area contributed by atoms with Gasteiger partial charge in [0.25, 0.3) is 10.0 Å². The topological polar surface area (TPSA) is 71.5 Å². The van der Waals surface area contributed by atoms with Crippen LogP contribution in [-0.2, 0) is 10.0 Å². The maximum atomic E-state index is 12.7. The highest BCUT2D eigenvalue weighted by Gasteiger charge is 2.21. The number of rotatable bonds is 6. The second-order valence-electron chi connectivity index (χ2n) is 5.61. The maximum absolute atomic E-state index is 12.7. The Kier molecular flexibility index (Phi) is 4.89. The molecule has 0 radical (unpaired) electrons. The summed E-state index contributed by atoms with van der Waals surface area (Å²) in [5, 5.41) is 0. The maximum Gasteiger partial charge on any atom is 0.267 e. The number of ether oxygens (including phenoxy) is 1. The first-order chi connectivity index (χ1) is 11.6. The summed E-state index contributed by atoms with van der Waals surface area (Å²) in [6.07, 6.45) is 5.16. The molecule has 0 saturated carbocycles. The van der Waals surface area contributed by atoms with Crippen LogP contribution in [0.15, 0.2) is 47.6 Å². The third-order valence-corrected chi connectivity index (χ3v) is 5.30. The molecule has 0 aliphatic carbocycles. The highest BCUT2D eigenvalue weighted by molar-refractivity contribution is 7.92. The fourth-order valence-electron chi connectivity index (χ4n) is 2.80. The van der Waals surface area contributed by atoms with Crippen LogP contribution >= 0.6 is 0 Å². The third-order valence-electron chi connectivity index (χ3n) is 3.91. The molecule has 1 aromatic carbocycles. The average molecular weight is 347 g/mol. The molecule has 1 saturated heterocycles. The van der Waals surface area contributed by atoms with Gasteiger partial charge in [-0.05, 0) is 44.0 Å². The number of nitrogens with zero attached hydrogens (tertiary/aromatic N) is 2. The zero-order valence-electron chi connectivity index (χ0n) is 13.6.